The first-order chi connectivity index (χ1) is 10.8. The monoisotopic (exact) mass is 321 g/mol. The molecule has 23 heavy (non-hydrogen) atoms. The van der Waals surface area contributed by atoms with E-state index in [2.05, 4.69) is 5.32 Å². The fourth-order valence-corrected chi connectivity index (χ4v) is 1.96. The predicted molar refractivity (Wildman–Crippen MR) is 86.2 cm³/mol. The second kappa shape index (κ2) is 8.31. The summed E-state index contributed by atoms with van der Waals surface area (Å²) >= 11 is 0. The number of carbonyl (C=O) groups is 3. The van der Waals surface area contributed by atoms with Crippen LogP contribution in [-0.4, -0.2) is 37.0 Å². The molecule has 0 aliphatic heterocycles. The number of benzene rings is 1. The molecule has 0 bridgehead atoms. The molecule has 6 nitrogen and oxygen atoms in total. The van der Waals surface area contributed by atoms with Gasteiger partial charge < -0.3 is 19.6 Å². The van der Waals surface area contributed by atoms with Gasteiger partial charge in [0.25, 0.3) is 0 Å². The highest BCUT2D eigenvalue weighted by molar-refractivity contribution is 5.96. The third-order valence-electron chi connectivity index (χ3n) is 2.82. The molecule has 0 radical (unpaired) electrons. The van der Waals surface area contributed by atoms with Crippen molar-refractivity contribution in [1.29, 1.82) is 0 Å². The molecule has 0 heterocycles. The van der Waals surface area contributed by atoms with E-state index in [1.165, 1.54) is 0 Å². The van der Waals surface area contributed by atoms with Gasteiger partial charge in [-0.1, -0.05) is 18.2 Å². The molecule has 1 aromatic rings. The number of ether oxygens (including phenoxy) is 2. The summed E-state index contributed by atoms with van der Waals surface area (Å²) in [4.78, 5) is 34.9. The maximum Gasteiger partial charge on any atom is 0.325 e. The van der Waals surface area contributed by atoms with Gasteiger partial charge in [-0.15, -0.1) is 0 Å². The van der Waals surface area contributed by atoms with Crippen LogP contribution in [0.4, 0.5) is 5.69 Å². The molecule has 0 amide bonds. The van der Waals surface area contributed by atoms with Crippen LogP contribution in [0, 0.1) is 0 Å². The number of nitrogens with one attached hydrogen (secondary N) is 1. The molecule has 0 aromatic heterocycles. The molecule has 1 aromatic carbocycles. The second-order valence-electron chi connectivity index (χ2n) is 5.89. The lowest BCUT2D eigenvalue weighted by Gasteiger charge is -2.20. The maximum atomic E-state index is 11.9. The Hall–Kier alpha value is -2.37. The van der Waals surface area contributed by atoms with Crippen LogP contribution in [-0.2, 0) is 23.9 Å². The Morgan fingerprint density at radius 3 is 2.48 bits per heavy atom. The van der Waals surface area contributed by atoms with Crippen molar-refractivity contribution in [2.24, 2.45) is 0 Å². The van der Waals surface area contributed by atoms with Crippen molar-refractivity contribution in [1.82, 2.24) is 0 Å². The minimum Gasteiger partial charge on any atom is -0.465 e. The van der Waals surface area contributed by atoms with Crippen LogP contribution in [0.5, 0.6) is 0 Å². The fourth-order valence-electron chi connectivity index (χ4n) is 1.96. The van der Waals surface area contributed by atoms with E-state index in [4.69, 9.17) is 9.47 Å². The Morgan fingerprint density at radius 2 is 1.91 bits per heavy atom. The van der Waals surface area contributed by atoms with Crippen molar-refractivity contribution in [3.63, 3.8) is 0 Å². The molecule has 0 saturated carbocycles. The number of hydrogen-bond acceptors (Lipinski definition) is 6. The zero-order chi connectivity index (χ0) is 17.5. The van der Waals surface area contributed by atoms with Gasteiger partial charge in [0.05, 0.1) is 6.61 Å². The van der Waals surface area contributed by atoms with Crippen molar-refractivity contribution in [3.8, 4) is 0 Å². The molecular formula is C17H23NO5. The van der Waals surface area contributed by atoms with Gasteiger partial charge in [0.1, 0.15) is 24.3 Å². The first kappa shape index (κ1) is 18.7. The molecule has 6 heteroatoms. The molecule has 1 rings (SSSR count). The van der Waals surface area contributed by atoms with Crippen LogP contribution in [0.1, 0.15) is 39.2 Å². The number of hydrogen-bond donors (Lipinski definition) is 1. The zero-order valence-electron chi connectivity index (χ0n) is 13.9. The summed E-state index contributed by atoms with van der Waals surface area (Å²) in [5.74, 6) is -2.07. The minimum atomic E-state index is -1.03. The number of anilines is 1. The lowest BCUT2D eigenvalue weighted by Crippen LogP contribution is -2.28. The van der Waals surface area contributed by atoms with Gasteiger partial charge in [0.15, 0.2) is 0 Å². The topological polar surface area (TPSA) is 81.7 Å². The summed E-state index contributed by atoms with van der Waals surface area (Å²) in [5.41, 5.74) is 0.405. The van der Waals surface area contributed by atoms with Crippen molar-refractivity contribution in [2.75, 3.05) is 18.5 Å². The highest BCUT2D eigenvalue weighted by Crippen LogP contribution is 2.24. The largest absolute Gasteiger partial charge is 0.465 e. The molecule has 0 saturated heterocycles. The Balaban J connectivity index is 2.86. The van der Waals surface area contributed by atoms with Crippen LogP contribution in [0.25, 0.3) is 0 Å². The first-order valence-electron chi connectivity index (χ1n) is 7.45. The summed E-state index contributed by atoms with van der Waals surface area (Å²) in [7, 11) is 0. The van der Waals surface area contributed by atoms with Crippen molar-refractivity contribution in [3.05, 3.63) is 29.8 Å². The summed E-state index contributed by atoms with van der Waals surface area (Å²) in [6.07, 6.45) is 0.534. The predicted octanol–water partition coefficient (Wildman–Crippen LogP) is 2.29. The van der Waals surface area contributed by atoms with Crippen molar-refractivity contribution in [2.45, 2.75) is 39.2 Å². The fraction of sp³-hybridized carbons (Fsp3) is 0.471. The Labute approximate surface area is 136 Å². The Kier molecular flexibility index (Phi) is 6.75. The third-order valence-corrected chi connectivity index (χ3v) is 2.82. The lowest BCUT2D eigenvalue weighted by molar-refractivity contribution is -0.152. The number of esters is 2. The van der Waals surface area contributed by atoms with Gasteiger partial charge in [-0.25, -0.2) is 0 Å². The van der Waals surface area contributed by atoms with E-state index < -0.39 is 23.5 Å². The molecule has 0 fully saturated rings. The molecule has 0 spiro atoms. The summed E-state index contributed by atoms with van der Waals surface area (Å²) in [6, 6.07) is 6.79. The normalized spacial score (nSPS) is 12.2. The van der Waals surface area contributed by atoms with E-state index in [0.29, 0.717) is 17.5 Å². The van der Waals surface area contributed by atoms with Gasteiger partial charge in [-0.05, 0) is 39.3 Å². The molecule has 126 valence electrons. The summed E-state index contributed by atoms with van der Waals surface area (Å²) in [5, 5.41) is 2.91. The van der Waals surface area contributed by atoms with Crippen molar-refractivity contribution < 1.29 is 23.9 Å². The number of para-hydroxylation sites is 1. The third kappa shape index (κ3) is 6.10. The molecule has 1 N–H and O–H groups in total. The maximum absolute atomic E-state index is 11.9. The van der Waals surface area contributed by atoms with Crippen LogP contribution in [0.3, 0.4) is 0 Å². The van der Waals surface area contributed by atoms with Gasteiger partial charge in [0, 0.05) is 5.69 Å². The molecule has 0 aliphatic carbocycles. The average Bonchev–Trinajstić information content (AvgIpc) is 2.45. The van der Waals surface area contributed by atoms with Crippen LogP contribution >= 0.6 is 0 Å². The SMILES string of the molecule is CCOC(=O)C(C=O)c1ccccc1NCC(=O)OC(C)(C)C. The van der Waals surface area contributed by atoms with Crippen LogP contribution in [0.15, 0.2) is 24.3 Å². The van der Waals surface area contributed by atoms with Crippen LogP contribution in [0.2, 0.25) is 0 Å². The first-order valence-corrected chi connectivity index (χ1v) is 7.45. The minimum absolute atomic E-state index is 0.0668. The average molecular weight is 321 g/mol. The Morgan fingerprint density at radius 1 is 1.26 bits per heavy atom. The van der Waals surface area contributed by atoms with Gasteiger partial charge in [0.2, 0.25) is 0 Å². The quantitative estimate of drug-likeness (QED) is 0.471. The zero-order valence-corrected chi connectivity index (χ0v) is 13.9. The van der Waals surface area contributed by atoms with E-state index in [9.17, 15) is 14.4 Å². The highest BCUT2D eigenvalue weighted by atomic mass is 16.6. The van der Waals surface area contributed by atoms with E-state index >= 15 is 0 Å². The van der Waals surface area contributed by atoms with E-state index in [1.54, 1.807) is 52.0 Å². The lowest BCUT2D eigenvalue weighted by atomic mass is 9.98. The van der Waals surface area contributed by atoms with E-state index in [0.717, 1.165) is 0 Å². The Bertz CT molecular complexity index is 562. The van der Waals surface area contributed by atoms with E-state index in [-0.39, 0.29) is 13.2 Å². The van der Waals surface area contributed by atoms with Gasteiger partial charge in [-0.2, -0.15) is 0 Å². The van der Waals surface area contributed by atoms with E-state index in [1.807, 2.05) is 0 Å². The van der Waals surface area contributed by atoms with Gasteiger partial charge in [-0.3, -0.25) is 9.59 Å². The number of rotatable bonds is 7. The number of aldehydes is 1. The highest BCUT2D eigenvalue weighted by Gasteiger charge is 2.24. The molecule has 1 atom stereocenters. The number of carbonyl (C=O) groups excluding carboxylic acids is 3. The molecule has 1 unspecified atom stereocenters. The smallest absolute Gasteiger partial charge is 0.325 e. The van der Waals surface area contributed by atoms with Crippen molar-refractivity contribution >= 4 is 23.9 Å². The second-order valence-corrected chi connectivity index (χ2v) is 5.89. The summed E-state index contributed by atoms with van der Waals surface area (Å²) in [6.45, 7) is 7.14. The molecule has 0 aliphatic rings. The van der Waals surface area contributed by atoms with Gasteiger partial charge >= 0.3 is 11.9 Å². The van der Waals surface area contributed by atoms with Crippen LogP contribution < -0.4 is 5.32 Å². The summed E-state index contributed by atoms with van der Waals surface area (Å²) < 4.78 is 10.1. The standard InChI is InChI=1S/C17H23NO5/c1-5-22-16(21)13(11-19)12-8-6-7-9-14(12)18-10-15(20)23-17(2,3)4/h6-9,11,13,18H,5,10H2,1-4H3. The molecular weight excluding hydrogens is 298 g/mol.